The predicted octanol–water partition coefficient (Wildman–Crippen LogP) is -0.137. The topological polar surface area (TPSA) is 81.6 Å². The van der Waals surface area contributed by atoms with Crippen molar-refractivity contribution in [2.24, 2.45) is 0 Å². The Kier molecular flexibility index (Phi) is 4.52. The van der Waals surface area contributed by atoms with Crippen LogP contribution in [0.15, 0.2) is 18.2 Å². The Morgan fingerprint density at radius 1 is 1.47 bits per heavy atom. The number of rotatable bonds is 4. The minimum atomic E-state index is -0.995. The van der Waals surface area contributed by atoms with Crippen molar-refractivity contribution in [3.8, 4) is 0 Å². The molecule has 0 radical (unpaired) electrons. The molecule has 0 spiro atoms. The fourth-order valence-corrected chi connectivity index (χ4v) is 2.41. The summed E-state index contributed by atoms with van der Waals surface area (Å²) in [7, 11) is 0. The minimum Gasteiger partial charge on any atom is -0.388 e. The van der Waals surface area contributed by atoms with Gasteiger partial charge in [0.15, 0.2) is 0 Å². The highest BCUT2D eigenvalue weighted by Crippen LogP contribution is 2.26. The van der Waals surface area contributed by atoms with E-state index in [4.69, 9.17) is 0 Å². The maximum atomic E-state index is 10.8. The molecular formula is C14H20N2O3. The first kappa shape index (κ1) is 14.0. The highest BCUT2D eigenvalue weighted by molar-refractivity contribution is 5.72. The number of fused-ring (bicyclic) bond motifs is 1. The molecule has 2 unspecified atom stereocenters. The monoisotopic (exact) mass is 264 g/mol. The first-order valence-corrected chi connectivity index (χ1v) is 6.51. The van der Waals surface area contributed by atoms with Gasteiger partial charge in [0, 0.05) is 20.0 Å². The van der Waals surface area contributed by atoms with Crippen LogP contribution in [0.4, 0.5) is 0 Å². The van der Waals surface area contributed by atoms with Gasteiger partial charge in [-0.1, -0.05) is 18.2 Å². The number of amides is 1. The molecule has 5 nitrogen and oxygen atoms in total. The molecule has 1 aromatic rings. The summed E-state index contributed by atoms with van der Waals surface area (Å²) in [5.41, 5.74) is 3.03. The SMILES string of the molecule is CC(=O)NCC(O)C(O)c1cccc2c1CCNC2. The molecule has 0 aromatic heterocycles. The van der Waals surface area contributed by atoms with E-state index in [0.717, 1.165) is 36.2 Å². The zero-order valence-electron chi connectivity index (χ0n) is 11.0. The third-order valence-corrected chi connectivity index (χ3v) is 3.42. The summed E-state index contributed by atoms with van der Waals surface area (Å²) in [6.07, 6.45) is -1.12. The molecule has 1 aliphatic heterocycles. The van der Waals surface area contributed by atoms with Crippen molar-refractivity contribution in [2.45, 2.75) is 32.1 Å². The number of aliphatic hydroxyl groups is 2. The molecular weight excluding hydrogens is 244 g/mol. The van der Waals surface area contributed by atoms with Gasteiger partial charge in [-0.2, -0.15) is 0 Å². The Hall–Kier alpha value is -1.43. The third-order valence-electron chi connectivity index (χ3n) is 3.42. The van der Waals surface area contributed by atoms with Crippen LogP contribution in [0.25, 0.3) is 0 Å². The summed E-state index contributed by atoms with van der Waals surface area (Å²) in [4.78, 5) is 10.8. The van der Waals surface area contributed by atoms with Crippen LogP contribution < -0.4 is 10.6 Å². The largest absolute Gasteiger partial charge is 0.388 e. The van der Waals surface area contributed by atoms with Gasteiger partial charge in [0.25, 0.3) is 0 Å². The molecule has 1 aromatic carbocycles. The zero-order chi connectivity index (χ0) is 13.8. The van der Waals surface area contributed by atoms with Crippen molar-refractivity contribution < 1.29 is 15.0 Å². The quantitative estimate of drug-likeness (QED) is 0.610. The summed E-state index contributed by atoms with van der Waals surface area (Å²) >= 11 is 0. The highest BCUT2D eigenvalue weighted by Gasteiger charge is 2.23. The Balaban J connectivity index is 2.14. The van der Waals surface area contributed by atoms with Crippen molar-refractivity contribution in [3.05, 3.63) is 34.9 Å². The van der Waals surface area contributed by atoms with Gasteiger partial charge < -0.3 is 20.8 Å². The normalized spacial score (nSPS) is 17.4. The molecule has 0 saturated heterocycles. The Bertz CT molecular complexity index is 462. The fraction of sp³-hybridized carbons (Fsp3) is 0.500. The van der Waals surface area contributed by atoms with Crippen molar-refractivity contribution in [2.75, 3.05) is 13.1 Å². The lowest BCUT2D eigenvalue weighted by atomic mass is 9.91. The molecule has 1 heterocycles. The van der Waals surface area contributed by atoms with Crippen molar-refractivity contribution in [1.82, 2.24) is 10.6 Å². The van der Waals surface area contributed by atoms with Crippen LogP contribution in [0.5, 0.6) is 0 Å². The second-order valence-corrected chi connectivity index (χ2v) is 4.86. The van der Waals surface area contributed by atoms with E-state index in [1.165, 1.54) is 6.92 Å². The fourth-order valence-electron chi connectivity index (χ4n) is 2.41. The lowest BCUT2D eigenvalue weighted by Gasteiger charge is -2.25. The molecule has 5 heteroatoms. The lowest BCUT2D eigenvalue weighted by molar-refractivity contribution is -0.119. The van der Waals surface area contributed by atoms with Crippen LogP contribution >= 0.6 is 0 Å². The van der Waals surface area contributed by atoms with Gasteiger partial charge >= 0.3 is 0 Å². The maximum Gasteiger partial charge on any atom is 0.216 e. The van der Waals surface area contributed by atoms with Crippen LogP contribution in [0, 0.1) is 0 Å². The number of carbonyl (C=O) groups is 1. The van der Waals surface area contributed by atoms with Crippen LogP contribution in [-0.2, 0) is 17.8 Å². The van der Waals surface area contributed by atoms with Gasteiger partial charge in [-0.15, -0.1) is 0 Å². The predicted molar refractivity (Wildman–Crippen MR) is 71.5 cm³/mol. The van der Waals surface area contributed by atoms with E-state index in [-0.39, 0.29) is 12.5 Å². The molecule has 2 atom stereocenters. The van der Waals surface area contributed by atoms with E-state index in [1.807, 2.05) is 18.2 Å². The summed E-state index contributed by atoms with van der Waals surface area (Å²) in [5.74, 6) is -0.217. The lowest BCUT2D eigenvalue weighted by Crippen LogP contribution is -2.35. The van der Waals surface area contributed by atoms with Crippen LogP contribution in [0.2, 0.25) is 0 Å². The molecule has 0 fully saturated rings. The summed E-state index contributed by atoms with van der Waals surface area (Å²) in [6.45, 7) is 3.10. The van der Waals surface area contributed by atoms with E-state index in [1.54, 1.807) is 0 Å². The summed E-state index contributed by atoms with van der Waals surface area (Å²) in [5, 5.41) is 26.0. The highest BCUT2D eigenvalue weighted by atomic mass is 16.3. The van der Waals surface area contributed by atoms with Crippen molar-refractivity contribution in [3.63, 3.8) is 0 Å². The minimum absolute atomic E-state index is 0.0540. The van der Waals surface area contributed by atoms with E-state index in [9.17, 15) is 15.0 Å². The van der Waals surface area contributed by atoms with Crippen LogP contribution in [0.1, 0.15) is 29.7 Å². The molecule has 4 N–H and O–H groups in total. The number of hydrogen-bond acceptors (Lipinski definition) is 4. The zero-order valence-corrected chi connectivity index (χ0v) is 11.0. The van der Waals surface area contributed by atoms with Crippen LogP contribution in [0.3, 0.4) is 0 Å². The molecule has 0 bridgehead atoms. The number of aliphatic hydroxyl groups excluding tert-OH is 2. The second kappa shape index (κ2) is 6.14. The summed E-state index contributed by atoms with van der Waals surface area (Å²) < 4.78 is 0. The number of nitrogens with one attached hydrogen (secondary N) is 2. The standard InChI is InChI=1S/C14H20N2O3/c1-9(17)16-8-13(18)14(19)12-4-2-3-10-7-15-6-5-11(10)12/h2-4,13-15,18-19H,5-8H2,1H3,(H,16,17). The maximum absolute atomic E-state index is 10.8. The number of benzene rings is 1. The van der Waals surface area contributed by atoms with E-state index >= 15 is 0 Å². The van der Waals surface area contributed by atoms with Gasteiger partial charge in [0.05, 0.1) is 0 Å². The molecule has 1 amide bonds. The van der Waals surface area contributed by atoms with E-state index < -0.39 is 12.2 Å². The van der Waals surface area contributed by atoms with E-state index in [0.29, 0.717) is 0 Å². The van der Waals surface area contributed by atoms with E-state index in [2.05, 4.69) is 10.6 Å². The average molecular weight is 264 g/mol. The average Bonchev–Trinajstić information content (AvgIpc) is 2.43. The first-order chi connectivity index (χ1) is 9.09. The third kappa shape index (κ3) is 3.32. The van der Waals surface area contributed by atoms with Crippen molar-refractivity contribution >= 4 is 5.91 Å². The number of hydrogen-bond donors (Lipinski definition) is 4. The molecule has 2 rings (SSSR count). The Morgan fingerprint density at radius 2 is 2.26 bits per heavy atom. The van der Waals surface area contributed by atoms with Crippen molar-refractivity contribution in [1.29, 1.82) is 0 Å². The second-order valence-electron chi connectivity index (χ2n) is 4.86. The number of carbonyl (C=O) groups excluding carboxylic acids is 1. The first-order valence-electron chi connectivity index (χ1n) is 6.51. The molecule has 0 aliphatic carbocycles. The van der Waals surface area contributed by atoms with Gasteiger partial charge in [-0.3, -0.25) is 4.79 Å². The van der Waals surface area contributed by atoms with Crippen LogP contribution in [-0.4, -0.2) is 35.3 Å². The summed E-state index contributed by atoms with van der Waals surface area (Å²) in [6, 6.07) is 5.75. The molecule has 0 saturated carbocycles. The molecule has 104 valence electrons. The van der Waals surface area contributed by atoms with Gasteiger partial charge in [0.2, 0.25) is 5.91 Å². The van der Waals surface area contributed by atoms with Gasteiger partial charge in [-0.25, -0.2) is 0 Å². The molecule has 1 aliphatic rings. The smallest absolute Gasteiger partial charge is 0.216 e. The Labute approximate surface area is 112 Å². The van der Waals surface area contributed by atoms with Gasteiger partial charge in [-0.05, 0) is 29.7 Å². The Morgan fingerprint density at radius 3 is 3.00 bits per heavy atom. The van der Waals surface area contributed by atoms with Gasteiger partial charge in [0.1, 0.15) is 12.2 Å². The molecule has 19 heavy (non-hydrogen) atoms.